The zero-order valence-corrected chi connectivity index (χ0v) is 17.9. The van der Waals surface area contributed by atoms with Crippen molar-refractivity contribution in [2.75, 3.05) is 10.6 Å². The maximum Gasteiger partial charge on any atom is 0.325 e. The van der Waals surface area contributed by atoms with Crippen molar-refractivity contribution < 1.29 is 14.7 Å². The Balaban J connectivity index is 1.65. The van der Waals surface area contributed by atoms with Gasteiger partial charge >= 0.3 is 5.97 Å². The SMILES string of the molecule is CC(C)Nc1cc(-c2cnn3cc(Cl)cnc23)ncc1C(=O)Nc1cnn(CC(=O)O)c1. The maximum atomic E-state index is 12.9. The van der Waals surface area contributed by atoms with Crippen molar-refractivity contribution in [2.45, 2.75) is 26.4 Å². The van der Waals surface area contributed by atoms with E-state index in [0.29, 0.717) is 38.9 Å². The molecule has 0 unspecified atom stereocenters. The number of rotatable bonds is 7. The second-order valence-corrected chi connectivity index (χ2v) is 7.72. The Morgan fingerprint density at radius 2 is 1.94 bits per heavy atom. The highest BCUT2D eigenvalue weighted by molar-refractivity contribution is 6.30. The Kier molecular flexibility index (Phi) is 5.73. The van der Waals surface area contributed by atoms with Crippen LogP contribution in [-0.4, -0.2) is 52.4 Å². The van der Waals surface area contributed by atoms with E-state index < -0.39 is 11.9 Å². The molecule has 32 heavy (non-hydrogen) atoms. The topological polar surface area (TPSA) is 139 Å². The number of fused-ring (bicyclic) bond motifs is 1. The Labute approximate surface area is 187 Å². The largest absolute Gasteiger partial charge is 0.480 e. The first-order valence-electron chi connectivity index (χ1n) is 9.61. The molecule has 11 nitrogen and oxygen atoms in total. The van der Waals surface area contributed by atoms with Crippen LogP contribution >= 0.6 is 11.6 Å². The molecule has 0 aromatic carbocycles. The predicted octanol–water partition coefficient (Wildman–Crippen LogP) is 2.80. The van der Waals surface area contributed by atoms with Crippen LogP contribution in [0.25, 0.3) is 16.9 Å². The van der Waals surface area contributed by atoms with Crippen molar-refractivity contribution in [3.05, 3.63) is 53.8 Å². The van der Waals surface area contributed by atoms with Crippen molar-refractivity contribution in [3.8, 4) is 11.3 Å². The average Bonchev–Trinajstić information content (AvgIpc) is 3.33. The number of carboxylic acid groups (broad SMARTS) is 1. The van der Waals surface area contributed by atoms with Crippen LogP contribution in [0, 0.1) is 0 Å². The number of halogens is 1. The van der Waals surface area contributed by atoms with Gasteiger partial charge in [-0.25, -0.2) is 9.50 Å². The summed E-state index contributed by atoms with van der Waals surface area (Å²) in [6, 6.07) is 1.81. The molecule has 0 aliphatic carbocycles. The molecule has 3 N–H and O–H groups in total. The highest BCUT2D eigenvalue weighted by atomic mass is 35.5. The zero-order chi connectivity index (χ0) is 22.8. The summed E-state index contributed by atoms with van der Waals surface area (Å²) < 4.78 is 2.78. The molecule has 0 saturated heterocycles. The highest BCUT2D eigenvalue weighted by Crippen LogP contribution is 2.27. The number of pyridine rings is 1. The number of aromatic nitrogens is 6. The molecule has 0 aliphatic rings. The number of aliphatic carboxylic acids is 1. The van der Waals surface area contributed by atoms with E-state index in [1.54, 1.807) is 23.0 Å². The minimum atomic E-state index is -1.03. The van der Waals surface area contributed by atoms with Gasteiger partial charge in [-0.15, -0.1) is 0 Å². The van der Waals surface area contributed by atoms with Crippen LogP contribution in [0.1, 0.15) is 24.2 Å². The lowest BCUT2D eigenvalue weighted by Crippen LogP contribution is -2.18. The van der Waals surface area contributed by atoms with E-state index in [2.05, 4.69) is 30.8 Å². The third-order valence-electron chi connectivity index (χ3n) is 4.38. The van der Waals surface area contributed by atoms with E-state index >= 15 is 0 Å². The summed E-state index contributed by atoms with van der Waals surface area (Å²) in [7, 11) is 0. The lowest BCUT2D eigenvalue weighted by Gasteiger charge is -2.15. The summed E-state index contributed by atoms with van der Waals surface area (Å²) in [5.41, 5.74) is 3.13. The number of anilines is 2. The van der Waals surface area contributed by atoms with Crippen molar-refractivity contribution in [1.82, 2.24) is 29.4 Å². The Morgan fingerprint density at radius 1 is 1.12 bits per heavy atom. The van der Waals surface area contributed by atoms with E-state index in [4.69, 9.17) is 16.7 Å². The molecule has 0 bridgehead atoms. The van der Waals surface area contributed by atoms with Crippen molar-refractivity contribution >= 4 is 40.5 Å². The number of nitrogens with one attached hydrogen (secondary N) is 2. The lowest BCUT2D eigenvalue weighted by molar-refractivity contribution is -0.137. The molecule has 0 saturated carbocycles. The highest BCUT2D eigenvalue weighted by Gasteiger charge is 2.18. The van der Waals surface area contributed by atoms with Gasteiger partial charge < -0.3 is 15.7 Å². The molecule has 4 aromatic rings. The lowest BCUT2D eigenvalue weighted by atomic mass is 10.1. The van der Waals surface area contributed by atoms with Gasteiger partial charge in [0.05, 0.1) is 51.8 Å². The quantitative estimate of drug-likeness (QED) is 0.387. The summed E-state index contributed by atoms with van der Waals surface area (Å²) in [6.45, 7) is 3.61. The van der Waals surface area contributed by atoms with Gasteiger partial charge in [-0.1, -0.05) is 11.6 Å². The molecule has 4 rings (SSSR count). The summed E-state index contributed by atoms with van der Waals surface area (Å²) in [4.78, 5) is 32.5. The van der Waals surface area contributed by atoms with Crippen LogP contribution in [0.5, 0.6) is 0 Å². The second-order valence-electron chi connectivity index (χ2n) is 7.29. The molecule has 0 fully saturated rings. The first-order chi connectivity index (χ1) is 15.3. The smallest absolute Gasteiger partial charge is 0.325 e. The third-order valence-corrected chi connectivity index (χ3v) is 4.58. The monoisotopic (exact) mass is 454 g/mol. The molecule has 164 valence electrons. The number of nitrogens with zero attached hydrogens (tertiary/aromatic N) is 6. The minimum Gasteiger partial charge on any atom is -0.480 e. The van der Waals surface area contributed by atoms with Crippen LogP contribution in [0.15, 0.2) is 43.2 Å². The van der Waals surface area contributed by atoms with Gasteiger partial charge in [0.2, 0.25) is 0 Å². The standard InChI is InChI=1S/C20H19ClN8O3/c1-11(2)26-17-3-16(14-7-25-29-8-12(21)4-23-19(14)29)22-6-15(17)20(32)27-13-5-24-28(9-13)10-18(30)31/h3-9,11H,10H2,1-2H3,(H,22,26)(H,27,32)(H,30,31). The molecule has 0 radical (unpaired) electrons. The first-order valence-corrected chi connectivity index (χ1v) is 9.99. The summed E-state index contributed by atoms with van der Waals surface area (Å²) in [6.07, 6.45) is 9.11. The fourth-order valence-electron chi connectivity index (χ4n) is 3.10. The predicted molar refractivity (Wildman–Crippen MR) is 118 cm³/mol. The number of hydrogen-bond donors (Lipinski definition) is 3. The van der Waals surface area contributed by atoms with Crippen molar-refractivity contribution in [3.63, 3.8) is 0 Å². The van der Waals surface area contributed by atoms with Gasteiger partial charge in [-0.3, -0.25) is 19.3 Å². The van der Waals surface area contributed by atoms with Gasteiger partial charge in [0.15, 0.2) is 5.65 Å². The number of carboxylic acids is 1. The number of carbonyl (C=O) groups is 2. The van der Waals surface area contributed by atoms with Crippen LogP contribution in [-0.2, 0) is 11.3 Å². The van der Waals surface area contributed by atoms with Crippen molar-refractivity contribution in [1.29, 1.82) is 0 Å². The van der Waals surface area contributed by atoms with Gasteiger partial charge in [0.25, 0.3) is 5.91 Å². The fourth-order valence-corrected chi connectivity index (χ4v) is 3.24. The van der Waals surface area contributed by atoms with Crippen molar-refractivity contribution in [2.24, 2.45) is 0 Å². The summed E-state index contributed by atoms with van der Waals surface area (Å²) in [5.74, 6) is -1.44. The van der Waals surface area contributed by atoms with Crippen LogP contribution in [0.4, 0.5) is 11.4 Å². The van der Waals surface area contributed by atoms with Crippen LogP contribution < -0.4 is 10.6 Å². The molecular formula is C20H19ClN8O3. The molecule has 1 amide bonds. The normalized spacial score (nSPS) is 11.1. The zero-order valence-electron chi connectivity index (χ0n) is 17.2. The third kappa shape index (κ3) is 4.52. The number of amides is 1. The van der Waals surface area contributed by atoms with E-state index in [0.717, 1.165) is 0 Å². The number of hydrogen-bond acceptors (Lipinski definition) is 7. The van der Waals surface area contributed by atoms with E-state index in [1.165, 1.54) is 29.5 Å². The molecule has 0 atom stereocenters. The molecule has 0 aliphatic heterocycles. The van der Waals surface area contributed by atoms with Crippen LogP contribution in [0.2, 0.25) is 5.02 Å². The molecule has 12 heteroatoms. The Bertz CT molecular complexity index is 1310. The van der Waals surface area contributed by atoms with E-state index in [9.17, 15) is 9.59 Å². The van der Waals surface area contributed by atoms with E-state index in [1.807, 2.05) is 13.8 Å². The Hall–Kier alpha value is -3.99. The van der Waals surface area contributed by atoms with E-state index in [-0.39, 0.29) is 12.6 Å². The maximum absolute atomic E-state index is 12.9. The summed E-state index contributed by atoms with van der Waals surface area (Å²) >= 11 is 5.98. The molecular weight excluding hydrogens is 436 g/mol. The van der Waals surface area contributed by atoms with Gasteiger partial charge in [0.1, 0.15) is 6.54 Å². The minimum absolute atomic E-state index is 0.0518. The number of carbonyl (C=O) groups excluding carboxylic acids is 1. The van der Waals surface area contributed by atoms with Gasteiger partial charge in [0, 0.05) is 24.6 Å². The second kappa shape index (κ2) is 8.63. The van der Waals surface area contributed by atoms with Gasteiger partial charge in [-0.05, 0) is 19.9 Å². The average molecular weight is 455 g/mol. The van der Waals surface area contributed by atoms with Crippen LogP contribution in [0.3, 0.4) is 0 Å². The molecule has 4 heterocycles. The summed E-state index contributed by atoms with van der Waals surface area (Å²) in [5, 5.41) is 23.5. The molecule has 4 aromatic heterocycles. The molecule has 0 spiro atoms. The first kappa shape index (κ1) is 21.2. The van der Waals surface area contributed by atoms with Gasteiger partial charge in [-0.2, -0.15) is 10.2 Å². The Morgan fingerprint density at radius 3 is 2.69 bits per heavy atom. The fraction of sp³-hybridized carbons (Fsp3) is 0.200.